The first-order valence-corrected chi connectivity index (χ1v) is 2.37. The minimum Gasteiger partial charge on any atom is -0.629 e. The van der Waals surface area contributed by atoms with Crippen LogP contribution in [0.3, 0.4) is 0 Å². The minimum atomic E-state index is 0.0995. The van der Waals surface area contributed by atoms with Crippen LogP contribution in [0.4, 0.5) is 0 Å². The first kappa shape index (κ1) is 6.66. The van der Waals surface area contributed by atoms with Crippen molar-refractivity contribution in [2.24, 2.45) is 0 Å². The second kappa shape index (κ2) is 2.77. The van der Waals surface area contributed by atoms with Crippen LogP contribution in [0.15, 0.2) is 12.3 Å². The fourth-order valence-electron chi connectivity index (χ4n) is 0.249. The van der Waals surface area contributed by atoms with Gasteiger partial charge in [0.2, 0.25) is 0 Å². The summed E-state index contributed by atoms with van der Waals surface area (Å²) < 4.78 is 0. The van der Waals surface area contributed by atoms with Crippen molar-refractivity contribution in [1.82, 2.24) is 0 Å². The van der Waals surface area contributed by atoms with Gasteiger partial charge in [-0.2, -0.15) is 0 Å². The van der Waals surface area contributed by atoms with E-state index < -0.39 is 0 Å². The summed E-state index contributed by atoms with van der Waals surface area (Å²) in [7, 11) is 1.53. The van der Waals surface area contributed by atoms with E-state index in [2.05, 4.69) is 6.58 Å². The monoisotopic (exact) mass is 101 g/mol. The summed E-state index contributed by atoms with van der Waals surface area (Å²) in [4.78, 5) is 0. The molecule has 0 radical (unpaired) electrons. The second-order valence-corrected chi connectivity index (χ2v) is 1.51. The SMILES string of the molecule is C=C(CC)[NH+](C)[O-]. The normalized spacial score (nSPS) is 13.6. The lowest BCUT2D eigenvalue weighted by Crippen LogP contribution is -3.01. The van der Waals surface area contributed by atoms with Gasteiger partial charge in [0.25, 0.3) is 0 Å². The van der Waals surface area contributed by atoms with Gasteiger partial charge in [0.05, 0.1) is 12.7 Å². The molecule has 1 atom stereocenters. The van der Waals surface area contributed by atoms with Gasteiger partial charge in [-0.15, -0.1) is 0 Å². The van der Waals surface area contributed by atoms with Gasteiger partial charge in [0.15, 0.2) is 0 Å². The van der Waals surface area contributed by atoms with E-state index in [4.69, 9.17) is 0 Å². The van der Waals surface area contributed by atoms with Gasteiger partial charge in [-0.1, -0.05) is 6.92 Å². The molecular weight excluding hydrogens is 90.1 g/mol. The third kappa shape index (κ3) is 2.37. The standard InChI is InChI=1S/C5H11NO/c1-4-5(2)6(3)7/h6H,2,4H2,1,3H3. The average Bonchev–Trinajstić information content (AvgIpc) is 1.65. The van der Waals surface area contributed by atoms with Crippen LogP contribution in [-0.2, 0) is 0 Å². The maximum Gasteiger partial charge on any atom is 0.0993 e. The lowest BCUT2D eigenvalue weighted by molar-refractivity contribution is -0.783. The molecule has 0 rings (SSSR count). The number of hydrogen-bond acceptors (Lipinski definition) is 1. The number of hydrogen-bond donors (Lipinski definition) is 1. The van der Waals surface area contributed by atoms with Crippen LogP contribution < -0.4 is 5.06 Å². The predicted octanol–water partition coefficient (Wildman–Crippen LogP) is -0.0774. The van der Waals surface area contributed by atoms with E-state index >= 15 is 0 Å². The van der Waals surface area contributed by atoms with E-state index in [1.165, 1.54) is 7.05 Å². The van der Waals surface area contributed by atoms with Crippen LogP contribution in [0.2, 0.25) is 0 Å². The van der Waals surface area contributed by atoms with Gasteiger partial charge in [0, 0.05) is 6.42 Å². The molecule has 0 aromatic rings. The van der Waals surface area contributed by atoms with E-state index in [9.17, 15) is 5.21 Å². The smallest absolute Gasteiger partial charge is 0.0993 e. The Hall–Kier alpha value is -0.340. The summed E-state index contributed by atoms with van der Waals surface area (Å²) in [5.74, 6) is 0. The third-order valence-corrected chi connectivity index (χ3v) is 0.925. The Morgan fingerprint density at radius 2 is 2.29 bits per heavy atom. The number of allylic oxidation sites excluding steroid dienone is 1. The Labute approximate surface area is 44.0 Å². The third-order valence-electron chi connectivity index (χ3n) is 0.925. The summed E-state index contributed by atoms with van der Waals surface area (Å²) in [5, 5.41) is 10.4. The highest BCUT2D eigenvalue weighted by atomic mass is 16.5. The molecule has 2 heteroatoms. The van der Waals surface area contributed by atoms with Crippen molar-refractivity contribution in [3.63, 3.8) is 0 Å². The Balaban J connectivity index is 3.35. The van der Waals surface area contributed by atoms with Gasteiger partial charge >= 0.3 is 0 Å². The van der Waals surface area contributed by atoms with Crippen molar-refractivity contribution in [3.8, 4) is 0 Å². The maximum absolute atomic E-state index is 10.3. The van der Waals surface area contributed by atoms with Crippen LogP contribution in [0.5, 0.6) is 0 Å². The first-order valence-electron chi connectivity index (χ1n) is 2.37. The summed E-state index contributed by atoms with van der Waals surface area (Å²) in [6, 6.07) is 0. The highest BCUT2D eigenvalue weighted by molar-refractivity contribution is 4.76. The minimum absolute atomic E-state index is 0.0995. The van der Waals surface area contributed by atoms with Crippen LogP contribution in [-0.4, -0.2) is 7.05 Å². The highest BCUT2D eigenvalue weighted by Gasteiger charge is 1.89. The summed E-state index contributed by atoms with van der Waals surface area (Å²) >= 11 is 0. The molecule has 0 fully saturated rings. The largest absolute Gasteiger partial charge is 0.629 e. The molecule has 42 valence electrons. The molecular formula is C5H11NO. The molecule has 0 aromatic carbocycles. The summed E-state index contributed by atoms with van der Waals surface area (Å²) in [5.41, 5.74) is 0.708. The van der Waals surface area contributed by atoms with Crippen molar-refractivity contribution in [2.45, 2.75) is 13.3 Å². The maximum atomic E-state index is 10.3. The van der Waals surface area contributed by atoms with Gasteiger partial charge < -0.3 is 10.3 Å². The average molecular weight is 101 g/mol. The van der Waals surface area contributed by atoms with Crippen molar-refractivity contribution in [1.29, 1.82) is 0 Å². The van der Waals surface area contributed by atoms with E-state index in [0.717, 1.165) is 6.42 Å². The van der Waals surface area contributed by atoms with Crippen LogP contribution in [0, 0.1) is 5.21 Å². The number of nitrogens with one attached hydrogen (secondary N) is 1. The van der Waals surface area contributed by atoms with Gasteiger partial charge in [-0.3, -0.25) is 0 Å². The van der Waals surface area contributed by atoms with Crippen molar-refractivity contribution < 1.29 is 5.06 Å². The predicted molar refractivity (Wildman–Crippen MR) is 29.7 cm³/mol. The topological polar surface area (TPSA) is 27.5 Å². The van der Waals surface area contributed by atoms with Crippen molar-refractivity contribution in [2.75, 3.05) is 7.05 Å². The van der Waals surface area contributed by atoms with Crippen LogP contribution >= 0.6 is 0 Å². The molecule has 2 nitrogen and oxygen atoms in total. The molecule has 0 aromatic heterocycles. The molecule has 0 saturated heterocycles. The van der Waals surface area contributed by atoms with E-state index in [-0.39, 0.29) is 5.06 Å². The zero-order chi connectivity index (χ0) is 5.86. The van der Waals surface area contributed by atoms with Gasteiger partial charge in [-0.25, -0.2) is 0 Å². The molecule has 0 aliphatic carbocycles. The molecule has 0 aliphatic heterocycles. The van der Waals surface area contributed by atoms with Crippen molar-refractivity contribution in [3.05, 3.63) is 17.5 Å². The summed E-state index contributed by atoms with van der Waals surface area (Å²) in [6.07, 6.45) is 0.773. The Morgan fingerprint density at radius 3 is 2.29 bits per heavy atom. The Bertz CT molecular complexity index is 68.5. The summed E-state index contributed by atoms with van der Waals surface area (Å²) in [6.45, 7) is 5.44. The molecule has 0 bridgehead atoms. The fraction of sp³-hybridized carbons (Fsp3) is 0.600. The molecule has 0 amide bonds. The number of quaternary nitrogens is 1. The molecule has 1 unspecified atom stereocenters. The Morgan fingerprint density at radius 1 is 1.86 bits per heavy atom. The quantitative estimate of drug-likeness (QED) is 0.484. The number of rotatable bonds is 2. The highest BCUT2D eigenvalue weighted by Crippen LogP contribution is 1.80. The van der Waals surface area contributed by atoms with E-state index in [0.29, 0.717) is 5.70 Å². The van der Waals surface area contributed by atoms with Crippen molar-refractivity contribution >= 4 is 0 Å². The number of hydroxylamine groups is 2. The Kier molecular flexibility index (Phi) is 2.64. The lowest BCUT2D eigenvalue weighted by Gasteiger charge is -2.15. The molecule has 7 heavy (non-hydrogen) atoms. The second-order valence-electron chi connectivity index (χ2n) is 1.51. The molecule has 0 aliphatic rings. The van der Waals surface area contributed by atoms with Crippen LogP contribution in [0.1, 0.15) is 13.3 Å². The fourth-order valence-corrected chi connectivity index (χ4v) is 0.249. The molecule has 0 spiro atoms. The zero-order valence-electron chi connectivity index (χ0n) is 4.82. The molecule has 0 heterocycles. The molecule has 0 saturated carbocycles. The first-order chi connectivity index (χ1) is 3.18. The van der Waals surface area contributed by atoms with E-state index in [1.54, 1.807) is 0 Å². The van der Waals surface area contributed by atoms with Crippen LogP contribution in [0.25, 0.3) is 0 Å². The molecule has 1 N–H and O–H groups in total. The lowest BCUT2D eigenvalue weighted by atomic mass is 10.4. The van der Waals surface area contributed by atoms with Gasteiger partial charge in [-0.05, 0) is 6.58 Å². The van der Waals surface area contributed by atoms with Gasteiger partial charge in [0.1, 0.15) is 0 Å². The van der Waals surface area contributed by atoms with E-state index in [1.807, 2.05) is 6.92 Å². The zero-order valence-corrected chi connectivity index (χ0v) is 4.82.